The largest absolute Gasteiger partial charge is 0.267 e. The van der Waals surface area contributed by atoms with Gasteiger partial charge in [-0.3, -0.25) is 0 Å². The maximum Gasteiger partial charge on any atom is 0.267 e. The fourth-order valence-electron chi connectivity index (χ4n) is 1.99. The van der Waals surface area contributed by atoms with Crippen molar-refractivity contribution in [2.24, 2.45) is 0 Å². The number of nitrogens with one attached hydrogen (secondary N) is 1. The molecule has 0 radical (unpaired) electrons. The molecular formula is C16H21BrN2O3S2. The number of nitrogens with zero attached hydrogens (tertiary/aromatic N) is 1. The average molecular weight is 433 g/mol. The van der Waals surface area contributed by atoms with Gasteiger partial charge in [0.25, 0.3) is 10.0 Å². The molecule has 0 saturated carbocycles. The van der Waals surface area contributed by atoms with E-state index in [0.29, 0.717) is 10.2 Å². The van der Waals surface area contributed by atoms with Gasteiger partial charge in [0, 0.05) is 17.2 Å². The second-order valence-corrected chi connectivity index (χ2v) is 11.2. The van der Waals surface area contributed by atoms with Crippen LogP contribution in [0.1, 0.15) is 32.0 Å². The lowest BCUT2D eigenvalue weighted by molar-refractivity contribution is 0.584. The smallest absolute Gasteiger partial charge is 0.243 e. The molecule has 0 amide bonds. The molecule has 1 heterocycles. The zero-order valence-corrected chi connectivity index (χ0v) is 17.3. The van der Waals surface area contributed by atoms with Crippen LogP contribution in [0.2, 0.25) is 0 Å². The highest BCUT2D eigenvalue weighted by Gasteiger charge is 2.23. The molecule has 8 heteroatoms. The van der Waals surface area contributed by atoms with Crippen LogP contribution in [-0.2, 0) is 27.6 Å². The Kier molecular flexibility index (Phi) is 5.74. The Labute approximate surface area is 154 Å². The van der Waals surface area contributed by atoms with Crippen molar-refractivity contribution < 1.29 is 12.6 Å². The molecule has 0 aliphatic carbocycles. The molecule has 1 aromatic heterocycles. The first-order valence-electron chi connectivity index (χ1n) is 7.36. The number of aromatic nitrogens is 1. The Morgan fingerprint density at radius 1 is 1.21 bits per heavy atom. The van der Waals surface area contributed by atoms with Crippen LogP contribution in [0.15, 0.2) is 45.9 Å². The molecule has 1 N–H and O–H groups in total. The van der Waals surface area contributed by atoms with Crippen LogP contribution < -0.4 is 4.72 Å². The van der Waals surface area contributed by atoms with E-state index in [1.54, 1.807) is 30.3 Å². The first-order chi connectivity index (χ1) is 11.0. The minimum absolute atomic E-state index is 0.181. The summed E-state index contributed by atoms with van der Waals surface area (Å²) in [6, 6.07) is 8.40. The molecule has 1 atom stereocenters. The van der Waals surface area contributed by atoms with Crippen molar-refractivity contribution in [3.8, 4) is 0 Å². The molecule has 1 aromatic carbocycles. The predicted molar refractivity (Wildman–Crippen MR) is 101 cm³/mol. The molecule has 0 saturated heterocycles. The highest BCUT2D eigenvalue weighted by atomic mass is 79.9. The maximum atomic E-state index is 12.9. The maximum absolute atomic E-state index is 12.9. The van der Waals surface area contributed by atoms with Crippen LogP contribution in [0.5, 0.6) is 0 Å². The van der Waals surface area contributed by atoms with Gasteiger partial charge in [-0.2, -0.15) is 0 Å². The third kappa shape index (κ3) is 4.36. The van der Waals surface area contributed by atoms with Gasteiger partial charge in [0.2, 0.25) is 0 Å². The van der Waals surface area contributed by atoms with Gasteiger partial charge in [-0.1, -0.05) is 17.7 Å². The summed E-state index contributed by atoms with van der Waals surface area (Å²) in [7, 11) is -4.99. The average Bonchev–Trinajstić information content (AvgIpc) is 2.86. The van der Waals surface area contributed by atoms with Crippen LogP contribution in [-0.4, -0.2) is 21.3 Å². The monoisotopic (exact) mass is 432 g/mol. The zero-order chi connectivity index (χ0) is 18.1. The number of aryl methyl sites for hydroxylation is 1. The van der Waals surface area contributed by atoms with Crippen LogP contribution in [0, 0.1) is 6.92 Å². The third-order valence-corrected chi connectivity index (χ3v) is 7.02. The fourth-order valence-corrected chi connectivity index (χ4v) is 4.69. The highest BCUT2D eigenvalue weighted by Crippen LogP contribution is 2.22. The van der Waals surface area contributed by atoms with Crippen LogP contribution in [0.3, 0.4) is 0 Å². The summed E-state index contributed by atoms with van der Waals surface area (Å²) in [5.41, 5.74) is 1.50. The predicted octanol–water partition coefficient (Wildman–Crippen LogP) is 3.35. The van der Waals surface area contributed by atoms with Crippen LogP contribution in [0.25, 0.3) is 0 Å². The van der Waals surface area contributed by atoms with Gasteiger partial charge in [-0.25, -0.2) is 21.3 Å². The second kappa shape index (κ2) is 7.11. The van der Waals surface area contributed by atoms with Crippen molar-refractivity contribution in [3.05, 3.63) is 52.3 Å². The van der Waals surface area contributed by atoms with Gasteiger partial charge in [0.1, 0.15) is 0 Å². The first-order valence-corrected chi connectivity index (χ1v) is 10.7. The van der Waals surface area contributed by atoms with Crippen molar-refractivity contribution in [2.45, 2.75) is 43.9 Å². The summed E-state index contributed by atoms with van der Waals surface area (Å²) < 4.78 is 42.2. The molecule has 0 bridgehead atoms. The first kappa shape index (κ1) is 19.4. The second-order valence-electron chi connectivity index (χ2n) is 6.47. The lowest BCUT2D eigenvalue weighted by Crippen LogP contribution is -2.33. The highest BCUT2D eigenvalue weighted by molar-refractivity contribution is 9.10. The van der Waals surface area contributed by atoms with E-state index >= 15 is 0 Å². The summed E-state index contributed by atoms with van der Waals surface area (Å²) in [6.45, 7) is 7.65. The van der Waals surface area contributed by atoms with Gasteiger partial charge < -0.3 is 0 Å². The Bertz CT molecular complexity index is 850. The van der Waals surface area contributed by atoms with E-state index in [0.717, 1.165) is 5.56 Å². The van der Waals surface area contributed by atoms with E-state index in [-0.39, 0.29) is 11.4 Å². The summed E-state index contributed by atoms with van der Waals surface area (Å²) >= 11 is 3.32. The van der Waals surface area contributed by atoms with Gasteiger partial charge >= 0.3 is 0 Å². The van der Waals surface area contributed by atoms with Gasteiger partial charge in [0.15, 0.2) is 0 Å². The van der Waals surface area contributed by atoms with E-state index in [4.69, 9.17) is 0 Å². The molecular weight excluding hydrogens is 412 g/mol. The number of hydrogen-bond donors (Lipinski definition) is 1. The normalized spacial score (nSPS) is 13.9. The molecule has 0 aliphatic rings. The minimum Gasteiger partial charge on any atom is -0.243 e. The lowest BCUT2D eigenvalue weighted by atomic mass is 10.2. The fraction of sp³-hybridized carbons (Fsp3) is 0.375. The minimum atomic E-state index is -3.70. The zero-order valence-electron chi connectivity index (χ0n) is 14.0. The van der Waals surface area contributed by atoms with Gasteiger partial charge in [-0.05, 0) is 61.8 Å². The topological polar surface area (TPSA) is 68.2 Å². The van der Waals surface area contributed by atoms with Gasteiger partial charge in [-0.15, -0.1) is 0 Å². The number of halogens is 1. The summed E-state index contributed by atoms with van der Waals surface area (Å²) in [5.74, 6) is 0. The molecule has 0 aliphatic heterocycles. The molecule has 0 spiro atoms. The molecule has 24 heavy (non-hydrogen) atoms. The van der Waals surface area contributed by atoms with E-state index < -0.39 is 25.8 Å². The van der Waals surface area contributed by atoms with Gasteiger partial charge in [0.05, 0.1) is 26.3 Å². The van der Waals surface area contributed by atoms with Crippen molar-refractivity contribution in [1.82, 2.24) is 8.69 Å². The summed E-state index contributed by atoms with van der Waals surface area (Å²) in [4.78, 5) is 0.217. The lowest BCUT2D eigenvalue weighted by Gasteiger charge is -2.18. The quantitative estimate of drug-likeness (QED) is 0.787. The Morgan fingerprint density at radius 2 is 1.79 bits per heavy atom. The number of hydrogen-bond acceptors (Lipinski definition) is 3. The Hall–Kier alpha value is -0.960. The summed E-state index contributed by atoms with van der Waals surface area (Å²) in [6.07, 6.45) is 1.51. The molecule has 0 fully saturated rings. The number of benzene rings is 1. The molecule has 5 nitrogen and oxygen atoms in total. The molecule has 2 rings (SSSR count). The van der Waals surface area contributed by atoms with E-state index in [9.17, 15) is 12.6 Å². The van der Waals surface area contributed by atoms with E-state index in [1.165, 1.54) is 10.2 Å². The van der Waals surface area contributed by atoms with Crippen LogP contribution in [0.4, 0.5) is 0 Å². The third-order valence-electron chi connectivity index (χ3n) is 3.35. The Morgan fingerprint density at radius 3 is 2.33 bits per heavy atom. The van der Waals surface area contributed by atoms with Crippen molar-refractivity contribution in [3.63, 3.8) is 0 Å². The molecule has 132 valence electrons. The Balaban J connectivity index is 2.34. The molecule has 2 aromatic rings. The van der Waals surface area contributed by atoms with Crippen molar-refractivity contribution in [2.75, 3.05) is 0 Å². The van der Waals surface area contributed by atoms with E-state index in [1.807, 2.05) is 27.7 Å². The standard InChI is InChI=1S/C16H21BrN2O3S2/c1-12-5-7-15(8-6-12)24(21,22)19-11-13(17)9-14(19)10-18-23(20)16(2,3)4/h5-9,11,18H,10H2,1-4H3/t23-/m1/s1. The number of rotatable bonds is 5. The van der Waals surface area contributed by atoms with Crippen LogP contribution >= 0.6 is 15.9 Å². The van der Waals surface area contributed by atoms with Crippen molar-refractivity contribution >= 4 is 36.9 Å². The summed E-state index contributed by atoms with van der Waals surface area (Å²) in [5, 5.41) is 0. The molecule has 0 unspecified atom stereocenters. The van der Waals surface area contributed by atoms with Crippen molar-refractivity contribution in [1.29, 1.82) is 0 Å². The SMILES string of the molecule is Cc1ccc(S(=O)(=O)n2cc(Br)cc2CN[S@](=O)C(C)(C)C)cc1. The van der Waals surface area contributed by atoms with E-state index in [2.05, 4.69) is 20.7 Å².